The first kappa shape index (κ1) is 18.2. The van der Waals surface area contributed by atoms with Crippen LogP contribution in [0.15, 0.2) is 18.2 Å². The number of alkyl halides is 3. The smallest absolute Gasteiger partial charge is 0.416 e. The average molecular weight is 345 g/mol. The Morgan fingerprint density at radius 2 is 2.00 bits per heavy atom. The number of anilines is 2. The molecule has 1 atom stereocenters. The van der Waals surface area contributed by atoms with Gasteiger partial charge in [0.05, 0.1) is 16.9 Å². The highest BCUT2D eigenvalue weighted by molar-refractivity contribution is 5.70. The van der Waals surface area contributed by atoms with Crippen LogP contribution < -0.4 is 11.1 Å². The number of halogens is 3. The Morgan fingerprint density at radius 1 is 1.33 bits per heavy atom. The van der Waals surface area contributed by atoms with Gasteiger partial charge >= 0.3 is 12.3 Å². The minimum absolute atomic E-state index is 0.0283. The Kier molecular flexibility index (Phi) is 4.87. The van der Waals surface area contributed by atoms with Crippen molar-refractivity contribution in [2.24, 2.45) is 0 Å². The van der Waals surface area contributed by atoms with E-state index in [2.05, 4.69) is 5.32 Å². The summed E-state index contributed by atoms with van der Waals surface area (Å²) in [7, 11) is 0. The summed E-state index contributed by atoms with van der Waals surface area (Å²) in [5.74, 6) is 0. The second-order valence-electron chi connectivity index (χ2n) is 6.86. The van der Waals surface area contributed by atoms with Gasteiger partial charge in [-0.05, 0) is 45.4 Å². The Bertz CT molecular complexity index is 612. The highest BCUT2D eigenvalue weighted by Gasteiger charge is 2.32. The van der Waals surface area contributed by atoms with E-state index in [1.807, 2.05) is 0 Å². The molecule has 8 heteroatoms. The minimum Gasteiger partial charge on any atom is -0.444 e. The number of rotatable bonds is 2. The van der Waals surface area contributed by atoms with E-state index >= 15 is 0 Å². The topological polar surface area (TPSA) is 67.6 Å². The van der Waals surface area contributed by atoms with Crippen molar-refractivity contribution in [2.45, 2.75) is 45.0 Å². The van der Waals surface area contributed by atoms with Gasteiger partial charge < -0.3 is 20.7 Å². The minimum atomic E-state index is -4.42. The van der Waals surface area contributed by atoms with E-state index in [9.17, 15) is 18.0 Å². The summed E-state index contributed by atoms with van der Waals surface area (Å²) in [6, 6.07) is 3.12. The third-order valence-electron chi connectivity index (χ3n) is 3.58. The molecule has 1 aliphatic rings. The highest BCUT2D eigenvalue weighted by atomic mass is 19.4. The molecule has 24 heavy (non-hydrogen) atoms. The molecule has 1 aromatic rings. The van der Waals surface area contributed by atoms with Crippen molar-refractivity contribution in [1.82, 2.24) is 4.90 Å². The molecule has 0 aliphatic carbocycles. The molecule has 0 unspecified atom stereocenters. The van der Waals surface area contributed by atoms with E-state index in [4.69, 9.17) is 10.5 Å². The van der Waals surface area contributed by atoms with Crippen molar-refractivity contribution in [2.75, 3.05) is 24.1 Å². The zero-order chi connectivity index (χ0) is 18.1. The van der Waals surface area contributed by atoms with E-state index in [0.717, 1.165) is 12.1 Å². The number of nitrogen functional groups attached to an aromatic ring is 1. The monoisotopic (exact) mass is 345 g/mol. The van der Waals surface area contributed by atoms with Gasteiger partial charge in [0, 0.05) is 19.1 Å². The van der Waals surface area contributed by atoms with Crippen molar-refractivity contribution in [1.29, 1.82) is 0 Å². The molecule has 0 spiro atoms. The molecule has 5 nitrogen and oxygen atoms in total. The number of nitrogens with two attached hydrogens (primary N) is 1. The molecule has 0 aromatic heterocycles. The Labute approximate surface area is 138 Å². The maximum Gasteiger partial charge on any atom is 0.416 e. The second kappa shape index (κ2) is 6.41. The molecule has 1 fully saturated rings. The zero-order valence-corrected chi connectivity index (χ0v) is 13.9. The molecule has 0 radical (unpaired) electrons. The predicted octanol–water partition coefficient (Wildman–Crippen LogP) is 3.71. The van der Waals surface area contributed by atoms with Gasteiger partial charge in [-0.15, -0.1) is 0 Å². The number of amides is 1. The molecule has 1 heterocycles. The van der Waals surface area contributed by atoms with Crippen LogP contribution in [0.25, 0.3) is 0 Å². The van der Waals surface area contributed by atoms with Crippen LogP contribution in [0.2, 0.25) is 0 Å². The standard InChI is InChI=1S/C16H22F3N3O2/c1-15(2,3)24-14(23)22-7-6-11(9-22)21-13-5-4-10(8-12(13)20)16(17,18)19/h4-5,8,11,21H,6-7,9,20H2,1-3H3/t11-/m0/s1. The van der Waals surface area contributed by atoms with E-state index in [0.29, 0.717) is 25.2 Å². The van der Waals surface area contributed by atoms with Crippen LogP contribution in [-0.4, -0.2) is 35.7 Å². The van der Waals surface area contributed by atoms with Gasteiger partial charge in [0.1, 0.15) is 5.60 Å². The summed E-state index contributed by atoms with van der Waals surface area (Å²) in [4.78, 5) is 13.6. The molecule has 3 N–H and O–H groups in total. The zero-order valence-electron chi connectivity index (χ0n) is 13.9. The Balaban J connectivity index is 1.97. The molecule has 1 aromatic carbocycles. The number of hydrogen-bond acceptors (Lipinski definition) is 4. The van der Waals surface area contributed by atoms with Gasteiger partial charge in [-0.25, -0.2) is 4.79 Å². The average Bonchev–Trinajstić information content (AvgIpc) is 2.86. The van der Waals surface area contributed by atoms with Crippen LogP contribution in [0.4, 0.5) is 29.3 Å². The van der Waals surface area contributed by atoms with Gasteiger partial charge in [0.15, 0.2) is 0 Å². The number of nitrogens with one attached hydrogen (secondary N) is 1. The van der Waals surface area contributed by atoms with Crippen LogP contribution >= 0.6 is 0 Å². The summed E-state index contributed by atoms with van der Waals surface area (Å²) in [6.45, 7) is 6.31. The molecule has 2 rings (SSSR count). The molecule has 0 bridgehead atoms. The van der Waals surface area contributed by atoms with E-state index < -0.39 is 23.4 Å². The number of nitrogens with zero attached hydrogens (tertiary/aromatic N) is 1. The number of hydrogen-bond donors (Lipinski definition) is 2. The van der Waals surface area contributed by atoms with Crippen molar-refractivity contribution >= 4 is 17.5 Å². The summed E-state index contributed by atoms with van der Waals surface area (Å²) in [5, 5.41) is 3.09. The first-order chi connectivity index (χ1) is 11.0. The number of likely N-dealkylation sites (tertiary alicyclic amines) is 1. The first-order valence-electron chi connectivity index (χ1n) is 7.67. The maximum absolute atomic E-state index is 12.6. The van der Waals surface area contributed by atoms with Crippen LogP contribution in [0, 0.1) is 0 Å². The molecular formula is C16H22F3N3O2. The van der Waals surface area contributed by atoms with Gasteiger partial charge in [-0.1, -0.05) is 0 Å². The number of carbonyl (C=O) groups excluding carboxylic acids is 1. The quantitative estimate of drug-likeness (QED) is 0.802. The highest BCUT2D eigenvalue weighted by Crippen LogP contribution is 2.33. The fraction of sp³-hybridized carbons (Fsp3) is 0.562. The van der Waals surface area contributed by atoms with Crippen molar-refractivity contribution in [3.05, 3.63) is 23.8 Å². The molecule has 134 valence electrons. The molecule has 1 aliphatic heterocycles. The lowest BCUT2D eigenvalue weighted by Gasteiger charge is -2.24. The van der Waals surface area contributed by atoms with Gasteiger partial charge in [-0.2, -0.15) is 13.2 Å². The van der Waals surface area contributed by atoms with Gasteiger partial charge in [0.25, 0.3) is 0 Å². The molecule has 1 saturated heterocycles. The van der Waals surface area contributed by atoms with Crippen molar-refractivity contribution in [3.63, 3.8) is 0 Å². The van der Waals surface area contributed by atoms with Gasteiger partial charge in [0.2, 0.25) is 0 Å². The van der Waals surface area contributed by atoms with Crippen LogP contribution in [0.1, 0.15) is 32.8 Å². The summed E-state index contributed by atoms with van der Waals surface area (Å²) in [6.07, 6.45) is -4.15. The Morgan fingerprint density at radius 3 is 2.54 bits per heavy atom. The summed E-state index contributed by atoms with van der Waals surface area (Å²) < 4.78 is 43.2. The maximum atomic E-state index is 12.6. The van der Waals surface area contributed by atoms with E-state index in [-0.39, 0.29) is 11.7 Å². The third-order valence-corrected chi connectivity index (χ3v) is 3.58. The number of carbonyl (C=O) groups is 1. The first-order valence-corrected chi connectivity index (χ1v) is 7.67. The largest absolute Gasteiger partial charge is 0.444 e. The summed E-state index contributed by atoms with van der Waals surface area (Å²) in [5.41, 5.74) is 4.81. The fourth-order valence-electron chi connectivity index (χ4n) is 2.46. The predicted molar refractivity (Wildman–Crippen MR) is 85.7 cm³/mol. The lowest BCUT2D eigenvalue weighted by atomic mass is 10.1. The normalized spacial score (nSPS) is 18.6. The number of ether oxygens (including phenoxy) is 1. The van der Waals surface area contributed by atoms with Crippen LogP contribution in [0.5, 0.6) is 0 Å². The van der Waals surface area contributed by atoms with Crippen molar-refractivity contribution in [3.8, 4) is 0 Å². The van der Waals surface area contributed by atoms with Crippen LogP contribution in [0.3, 0.4) is 0 Å². The summed E-state index contributed by atoms with van der Waals surface area (Å²) >= 11 is 0. The second-order valence-corrected chi connectivity index (χ2v) is 6.86. The van der Waals surface area contributed by atoms with E-state index in [1.54, 1.807) is 25.7 Å². The fourth-order valence-corrected chi connectivity index (χ4v) is 2.46. The number of benzene rings is 1. The van der Waals surface area contributed by atoms with E-state index in [1.165, 1.54) is 6.07 Å². The third kappa shape index (κ3) is 4.69. The van der Waals surface area contributed by atoms with Crippen LogP contribution in [-0.2, 0) is 10.9 Å². The molecule has 1 amide bonds. The molecule has 0 saturated carbocycles. The SMILES string of the molecule is CC(C)(C)OC(=O)N1CC[C@H](Nc2ccc(C(F)(F)F)cc2N)C1. The molecular weight excluding hydrogens is 323 g/mol. The lowest BCUT2D eigenvalue weighted by molar-refractivity contribution is -0.137. The lowest BCUT2D eigenvalue weighted by Crippen LogP contribution is -2.36. The van der Waals surface area contributed by atoms with Gasteiger partial charge in [-0.3, -0.25) is 0 Å². The van der Waals surface area contributed by atoms with Crippen molar-refractivity contribution < 1.29 is 22.7 Å². The Hall–Kier alpha value is -2.12.